The Morgan fingerprint density at radius 3 is 2.47 bits per heavy atom. The number of thiocyanates is 1. The van der Waals surface area contributed by atoms with Crippen LogP contribution < -0.4 is 0 Å². The van der Waals surface area contributed by atoms with Crippen LogP contribution in [0.4, 0.5) is 0 Å². The van der Waals surface area contributed by atoms with Gasteiger partial charge in [0.2, 0.25) is 0 Å². The van der Waals surface area contributed by atoms with Crippen LogP contribution in [0.2, 0.25) is 0 Å². The van der Waals surface area contributed by atoms with Crippen LogP contribution in [0.5, 0.6) is 0 Å². The van der Waals surface area contributed by atoms with Crippen molar-refractivity contribution in [3.63, 3.8) is 0 Å². The molecule has 0 aromatic heterocycles. The van der Waals surface area contributed by atoms with Crippen LogP contribution in [0.15, 0.2) is 53.4 Å². The molecule has 0 amide bonds. The first kappa shape index (κ1) is 13.7. The van der Waals surface area contributed by atoms with Crippen molar-refractivity contribution in [1.82, 2.24) is 0 Å². The second-order valence-electron chi connectivity index (χ2n) is 4.48. The summed E-state index contributed by atoms with van der Waals surface area (Å²) in [7, 11) is 0. The third kappa shape index (κ3) is 3.62. The molecule has 0 bridgehead atoms. The summed E-state index contributed by atoms with van der Waals surface area (Å²) in [6.07, 6.45) is 3.56. The summed E-state index contributed by atoms with van der Waals surface area (Å²) in [5, 5.41) is 10.8. The maximum atomic E-state index is 8.66. The van der Waals surface area contributed by atoms with Crippen LogP contribution in [0.25, 0.3) is 11.1 Å². The van der Waals surface area contributed by atoms with Gasteiger partial charge in [-0.05, 0) is 53.4 Å². The maximum Gasteiger partial charge on any atom is 0.138 e. The van der Waals surface area contributed by atoms with Gasteiger partial charge in [-0.2, -0.15) is 5.26 Å². The Hall–Kier alpha value is -1.72. The number of nitrogens with zero attached hydrogens (tertiary/aromatic N) is 1. The molecule has 1 nitrogen and oxygen atoms in total. The molecule has 0 radical (unpaired) electrons. The predicted octanol–water partition coefficient (Wildman–Crippen LogP) is 5.27. The number of aryl methyl sites for hydroxylation is 1. The number of hydrogen-bond acceptors (Lipinski definition) is 2. The Labute approximate surface area is 119 Å². The minimum Gasteiger partial charge on any atom is -0.185 e. The molecule has 0 aliphatic heterocycles. The van der Waals surface area contributed by atoms with Crippen molar-refractivity contribution in [2.24, 2.45) is 0 Å². The van der Waals surface area contributed by atoms with Gasteiger partial charge in [0.1, 0.15) is 5.40 Å². The molecule has 2 aromatic carbocycles. The largest absolute Gasteiger partial charge is 0.185 e. The van der Waals surface area contributed by atoms with Crippen LogP contribution >= 0.6 is 11.8 Å². The molecule has 96 valence electrons. The van der Waals surface area contributed by atoms with Gasteiger partial charge in [0.05, 0.1) is 0 Å². The molecular weight excluding hydrogens is 250 g/mol. The molecule has 19 heavy (non-hydrogen) atoms. The highest BCUT2D eigenvalue weighted by Crippen LogP contribution is 2.27. The first-order valence-corrected chi connectivity index (χ1v) is 7.41. The highest BCUT2D eigenvalue weighted by molar-refractivity contribution is 8.03. The molecule has 2 heteroatoms. The number of unbranched alkanes of at least 4 members (excludes halogenated alkanes) is 1. The predicted molar refractivity (Wildman–Crippen MR) is 82.0 cm³/mol. The Kier molecular flexibility index (Phi) is 5.06. The molecule has 0 unspecified atom stereocenters. The quantitative estimate of drug-likeness (QED) is 0.544. The van der Waals surface area contributed by atoms with Crippen LogP contribution in [0.3, 0.4) is 0 Å². The molecule has 0 N–H and O–H groups in total. The SMILES string of the molecule is CCCCc1ccccc1-c1ccc(SC#N)cc1. The fourth-order valence-electron chi connectivity index (χ4n) is 2.14. The molecule has 0 heterocycles. The monoisotopic (exact) mass is 267 g/mol. The minimum absolute atomic E-state index is 0.997. The van der Waals surface area contributed by atoms with Crippen molar-refractivity contribution in [3.05, 3.63) is 54.1 Å². The van der Waals surface area contributed by atoms with E-state index in [9.17, 15) is 0 Å². The van der Waals surface area contributed by atoms with Gasteiger partial charge in [0.15, 0.2) is 0 Å². The van der Waals surface area contributed by atoms with Crippen molar-refractivity contribution < 1.29 is 0 Å². The molecule has 0 saturated heterocycles. The third-order valence-corrected chi connectivity index (χ3v) is 3.75. The van der Waals surface area contributed by atoms with E-state index in [1.54, 1.807) is 0 Å². The summed E-state index contributed by atoms with van der Waals surface area (Å²) in [6.45, 7) is 2.22. The van der Waals surface area contributed by atoms with Gasteiger partial charge < -0.3 is 0 Å². The van der Waals surface area contributed by atoms with E-state index in [1.165, 1.54) is 41.3 Å². The fraction of sp³-hybridized carbons (Fsp3) is 0.235. The first-order valence-electron chi connectivity index (χ1n) is 6.59. The summed E-state index contributed by atoms with van der Waals surface area (Å²) in [6, 6.07) is 16.8. The van der Waals surface area contributed by atoms with Gasteiger partial charge in [-0.25, -0.2) is 0 Å². The lowest BCUT2D eigenvalue weighted by Gasteiger charge is -2.09. The fourth-order valence-corrected chi connectivity index (χ4v) is 2.52. The van der Waals surface area contributed by atoms with Crippen molar-refractivity contribution in [2.75, 3.05) is 0 Å². The molecule has 2 rings (SSSR count). The van der Waals surface area contributed by atoms with Gasteiger partial charge >= 0.3 is 0 Å². The summed E-state index contributed by atoms with van der Waals surface area (Å²) >= 11 is 1.20. The molecule has 0 aliphatic carbocycles. The number of rotatable bonds is 5. The third-order valence-electron chi connectivity index (χ3n) is 3.15. The van der Waals surface area contributed by atoms with E-state index >= 15 is 0 Å². The highest BCUT2D eigenvalue weighted by Gasteiger charge is 2.04. The van der Waals surface area contributed by atoms with Gasteiger partial charge in [-0.3, -0.25) is 0 Å². The van der Waals surface area contributed by atoms with E-state index in [-0.39, 0.29) is 0 Å². The molecular formula is C17H17NS. The van der Waals surface area contributed by atoms with Crippen LogP contribution in [0.1, 0.15) is 25.3 Å². The standard InChI is InChI=1S/C17H17NS/c1-2-3-6-14-7-4-5-8-17(14)15-9-11-16(12-10-15)19-13-18/h4-5,7-12H,2-3,6H2,1H3. The number of thioether (sulfide) groups is 1. The summed E-state index contributed by atoms with van der Waals surface area (Å²) in [5.74, 6) is 0. The normalized spacial score (nSPS) is 10.1. The zero-order valence-electron chi connectivity index (χ0n) is 11.1. The van der Waals surface area contributed by atoms with Crippen LogP contribution in [0, 0.1) is 10.7 Å². The highest BCUT2D eigenvalue weighted by atomic mass is 32.2. The topological polar surface area (TPSA) is 23.8 Å². The number of benzene rings is 2. The van der Waals surface area contributed by atoms with Gasteiger partial charge in [0, 0.05) is 4.90 Å². The lowest BCUT2D eigenvalue weighted by Crippen LogP contribution is -1.89. The van der Waals surface area contributed by atoms with Crippen LogP contribution in [-0.2, 0) is 6.42 Å². The van der Waals surface area contributed by atoms with Gasteiger partial charge in [-0.1, -0.05) is 49.7 Å². The Morgan fingerprint density at radius 2 is 1.79 bits per heavy atom. The molecule has 2 aromatic rings. The molecule has 0 atom stereocenters. The van der Waals surface area contributed by atoms with Crippen molar-refractivity contribution >= 4 is 11.8 Å². The average Bonchev–Trinajstić information content (AvgIpc) is 2.47. The molecule has 0 spiro atoms. The molecule has 0 fully saturated rings. The van der Waals surface area contributed by atoms with E-state index in [0.29, 0.717) is 0 Å². The Bertz CT molecular complexity index is 567. The van der Waals surface area contributed by atoms with E-state index in [4.69, 9.17) is 5.26 Å². The van der Waals surface area contributed by atoms with Crippen LogP contribution in [-0.4, -0.2) is 0 Å². The number of hydrogen-bond donors (Lipinski definition) is 0. The van der Waals surface area contributed by atoms with Crippen molar-refractivity contribution in [3.8, 4) is 16.5 Å². The number of nitriles is 1. The molecule has 0 aliphatic rings. The summed E-state index contributed by atoms with van der Waals surface area (Å²) < 4.78 is 0. The lowest BCUT2D eigenvalue weighted by atomic mass is 9.96. The summed E-state index contributed by atoms with van der Waals surface area (Å²) in [4.78, 5) is 0.997. The Balaban J connectivity index is 2.28. The molecule has 0 saturated carbocycles. The maximum absolute atomic E-state index is 8.66. The zero-order chi connectivity index (χ0) is 13.5. The van der Waals surface area contributed by atoms with E-state index in [0.717, 1.165) is 11.3 Å². The summed E-state index contributed by atoms with van der Waals surface area (Å²) in [5.41, 5.74) is 3.95. The van der Waals surface area contributed by atoms with E-state index in [1.807, 2.05) is 12.1 Å². The van der Waals surface area contributed by atoms with Gasteiger partial charge in [-0.15, -0.1) is 0 Å². The second-order valence-corrected chi connectivity index (χ2v) is 5.34. The zero-order valence-corrected chi connectivity index (χ0v) is 11.9. The van der Waals surface area contributed by atoms with Crippen molar-refractivity contribution in [2.45, 2.75) is 31.1 Å². The minimum atomic E-state index is 0.997. The Morgan fingerprint density at radius 1 is 1.05 bits per heavy atom. The van der Waals surface area contributed by atoms with E-state index in [2.05, 4.69) is 48.7 Å². The average molecular weight is 267 g/mol. The van der Waals surface area contributed by atoms with Gasteiger partial charge in [0.25, 0.3) is 0 Å². The first-order chi connectivity index (χ1) is 9.35. The van der Waals surface area contributed by atoms with E-state index < -0.39 is 0 Å². The smallest absolute Gasteiger partial charge is 0.138 e. The lowest BCUT2D eigenvalue weighted by molar-refractivity contribution is 0.796. The second kappa shape index (κ2) is 7.01. The van der Waals surface area contributed by atoms with Crippen molar-refractivity contribution in [1.29, 1.82) is 5.26 Å².